The lowest BCUT2D eigenvalue weighted by atomic mass is 9.88. The van der Waals surface area contributed by atoms with Gasteiger partial charge in [-0.2, -0.15) is 0 Å². The summed E-state index contributed by atoms with van der Waals surface area (Å²) in [6.45, 7) is 12.1. The number of hydrogen-bond donors (Lipinski definition) is 2. The van der Waals surface area contributed by atoms with Crippen LogP contribution in [0.2, 0.25) is 0 Å². The SMILES string of the molecule is CC(C)(C)CC(NC(=O)OC(C)(C)C)c1nc2c([nH]1)CCCC2. The van der Waals surface area contributed by atoms with Gasteiger partial charge in [0.1, 0.15) is 11.4 Å². The lowest BCUT2D eigenvalue weighted by Gasteiger charge is -2.27. The number of aromatic amines is 1. The summed E-state index contributed by atoms with van der Waals surface area (Å²) in [6, 6.07) is -0.157. The van der Waals surface area contributed by atoms with Crippen LogP contribution in [0.1, 0.15) is 84.1 Å². The lowest BCUT2D eigenvalue weighted by Crippen LogP contribution is -2.36. The number of carbonyl (C=O) groups excluding carboxylic acids is 1. The molecular weight excluding hydrogens is 290 g/mol. The van der Waals surface area contributed by atoms with Gasteiger partial charge in [0.05, 0.1) is 11.7 Å². The van der Waals surface area contributed by atoms with E-state index in [0.717, 1.165) is 30.8 Å². The molecule has 1 aliphatic carbocycles. The first-order chi connectivity index (χ1) is 10.5. The second kappa shape index (κ2) is 6.54. The fourth-order valence-electron chi connectivity index (χ4n) is 2.92. The van der Waals surface area contributed by atoms with Crippen LogP contribution in [-0.2, 0) is 17.6 Å². The highest BCUT2D eigenvalue weighted by atomic mass is 16.6. The molecule has 1 unspecified atom stereocenters. The molecule has 130 valence electrons. The number of H-pyrrole nitrogens is 1. The van der Waals surface area contributed by atoms with E-state index in [9.17, 15) is 4.79 Å². The van der Waals surface area contributed by atoms with Crippen LogP contribution in [0.3, 0.4) is 0 Å². The predicted molar refractivity (Wildman–Crippen MR) is 91.4 cm³/mol. The molecule has 0 radical (unpaired) electrons. The molecule has 0 bridgehead atoms. The Bertz CT molecular complexity index is 526. The van der Waals surface area contributed by atoms with E-state index >= 15 is 0 Å². The first-order valence-corrected chi connectivity index (χ1v) is 8.61. The molecule has 23 heavy (non-hydrogen) atoms. The normalized spacial score (nSPS) is 16.6. The van der Waals surface area contributed by atoms with Gasteiger partial charge in [-0.25, -0.2) is 9.78 Å². The molecule has 5 heteroatoms. The molecule has 1 aliphatic rings. The minimum atomic E-state index is -0.501. The van der Waals surface area contributed by atoms with E-state index in [1.807, 2.05) is 20.8 Å². The van der Waals surface area contributed by atoms with E-state index in [4.69, 9.17) is 9.72 Å². The summed E-state index contributed by atoms with van der Waals surface area (Å²) < 4.78 is 5.41. The molecule has 1 heterocycles. The van der Waals surface area contributed by atoms with Crippen molar-refractivity contribution >= 4 is 6.09 Å². The van der Waals surface area contributed by atoms with Crippen molar-refractivity contribution in [2.24, 2.45) is 5.41 Å². The van der Waals surface area contributed by atoms with Crippen LogP contribution in [0.25, 0.3) is 0 Å². The van der Waals surface area contributed by atoms with Crippen molar-refractivity contribution in [2.75, 3.05) is 0 Å². The van der Waals surface area contributed by atoms with E-state index in [1.54, 1.807) is 0 Å². The third kappa shape index (κ3) is 5.56. The Morgan fingerprint density at radius 2 is 1.87 bits per heavy atom. The van der Waals surface area contributed by atoms with Gasteiger partial charge in [-0.1, -0.05) is 20.8 Å². The number of ether oxygens (including phenoxy) is 1. The van der Waals surface area contributed by atoms with Gasteiger partial charge < -0.3 is 15.0 Å². The molecule has 0 aliphatic heterocycles. The van der Waals surface area contributed by atoms with E-state index < -0.39 is 5.60 Å². The third-order valence-corrected chi connectivity index (χ3v) is 3.81. The minimum Gasteiger partial charge on any atom is -0.444 e. The number of imidazole rings is 1. The molecular formula is C18H31N3O2. The number of hydrogen-bond acceptors (Lipinski definition) is 3. The Morgan fingerprint density at radius 3 is 2.43 bits per heavy atom. The van der Waals surface area contributed by atoms with Crippen molar-refractivity contribution in [1.82, 2.24) is 15.3 Å². The van der Waals surface area contributed by atoms with Crippen molar-refractivity contribution in [3.63, 3.8) is 0 Å². The van der Waals surface area contributed by atoms with Gasteiger partial charge in [-0.3, -0.25) is 0 Å². The second-order valence-electron chi connectivity index (χ2n) is 8.72. The maximum atomic E-state index is 12.2. The van der Waals surface area contributed by atoms with Crippen LogP contribution in [0, 0.1) is 5.41 Å². The summed E-state index contributed by atoms with van der Waals surface area (Å²) in [4.78, 5) is 20.4. The van der Waals surface area contributed by atoms with Crippen molar-refractivity contribution in [2.45, 2.75) is 85.3 Å². The van der Waals surface area contributed by atoms with Gasteiger partial charge in [0.15, 0.2) is 0 Å². The zero-order valence-corrected chi connectivity index (χ0v) is 15.4. The number of carbonyl (C=O) groups is 1. The summed E-state index contributed by atoms with van der Waals surface area (Å²) in [7, 11) is 0. The zero-order chi connectivity index (χ0) is 17.3. The minimum absolute atomic E-state index is 0.0764. The summed E-state index contributed by atoms with van der Waals surface area (Å²) in [6.07, 6.45) is 4.90. The van der Waals surface area contributed by atoms with Crippen LogP contribution in [0.4, 0.5) is 4.79 Å². The number of aromatic nitrogens is 2. The molecule has 0 aromatic carbocycles. The predicted octanol–water partition coefficient (Wildman–Crippen LogP) is 4.29. The fourth-order valence-corrected chi connectivity index (χ4v) is 2.92. The number of nitrogens with zero attached hydrogens (tertiary/aromatic N) is 1. The Kier molecular flexibility index (Phi) is 5.07. The van der Waals surface area contributed by atoms with Gasteiger partial charge in [-0.05, 0) is 58.3 Å². The number of aryl methyl sites for hydroxylation is 2. The molecule has 0 saturated heterocycles. The molecule has 5 nitrogen and oxygen atoms in total. The topological polar surface area (TPSA) is 67.0 Å². The van der Waals surface area contributed by atoms with Gasteiger partial charge in [0.2, 0.25) is 0 Å². The van der Waals surface area contributed by atoms with E-state index in [1.165, 1.54) is 18.5 Å². The van der Waals surface area contributed by atoms with E-state index in [2.05, 4.69) is 31.1 Å². The molecule has 1 atom stereocenters. The van der Waals surface area contributed by atoms with Gasteiger partial charge in [-0.15, -0.1) is 0 Å². The van der Waals surface area contributed by atoms with Gasteiger partial charge in [0, 0.05) is 5.69 Å². The maximum Gasteiger partial charge on any atom is 0.408 e. The summed E-state index contributed by atoms with van der Waals surface area (Å²) in [5.74, 6) is 0.859. The molecule has 1 amide bonds. The standard InChI is InChI=1S/C18H31N3O2/c1-17(2,3)11-14(21-16(22)23-18(4,5)6)15-19-12-9-7-8-10-13(12)20-15/h14H,7-11H2,1-6H3,(H,19,20)(H,21,22). The number of fused-ring (bicyclic) bond motifs is 1. The van der Waals surface area contributed by atoms with E-state index in [-0.39, 0.29) is 17.6 Å². The first kappa shape index (κ1) is 17.8. The number of nitrogens with one attached hydrogen (secondary N) is 2. The smallest absolute Gasteiger partial charge is 0.408 e. The van der Waals surface area contributed by atoms with Crippen LogP contribution >= 0.6 is 0 Å². The zero-order valence-electron chi connectivity index (χ0n) is 15.4. The Labute approximate surface area is 139 Å². The molecule has 2 rings (SSSR count). The van der Waals surface area contributed by atoms with Crippen molar-refractivity contribution in [3.05, 3.63) is 17.2 Å². The number of alkyl carbamates (subject to hydrolysis) is 1. The van der Waals surface area contributed by atoms with Crippen LogP contribution < -0.4 is 5.32 Å². The Balaban J connectivity index is 2.17. The number of amides is 1. The van der Waals surface area contributed by atoms with E-state index in [0.29, 0.717) is 0 Å². The van der Waals surface area contributed by atoms with Crippen LogP contribution in [0.5, 0.6) is 0 Å². The van der Waals surface area contributed by atoms with Crippen LogP contribution in [-0.4, -0.2) is 21.7 Å². The summed E-state index contributed by atoms with van der Waals surface area (Å²) in [5.41, 5.74) is 1.97. The van der Waals surface area contributed by atoms with Crippen LogP contribution in [0.15, 0.2) is 0 Å². The Morgan fingerprint density at radius 1 is 1.22 bits per heavy atom. The lowest BCUT2D eigenvalue weighted by molar-refractivity contribution is 0.0489. The highest BCUT2D eigenvalue weighted by Crippen LogP contribution is 2.30. The highest BCUT2D eigenvalue weighted by Gasteiger charge is 2.28. The van der Waals surface area contributed by atoms with Gasteiger partial charge in [0.25, 0.3) is 0 Å². The molecule has 0 spiro atoms. The van der Waals surface area contributed by atoms with Gasteiger partial charge >= 0.3 is 6.09 Å². The number of rotatable bonds is 3. The quantitative estimate of drug-likeness (QED) is 0.872. The monoisotopic (exact) mass is 321 g/mol. The maximum absolute atomic E-state index is 12.2. The molecule has 0 fully saturated rings. The van der Waals surface area contributed by atoms with Crippen molar-refractivity contribution in [3.8, 4) is 0 Å². The van der Waals surface area contributed by atoms with Crippen molar-refractivity contribution in [1.29, 1.82) is 0 Å². The molecule has 1 aromatic rings. The largest absolute Gasteiger partial charge is 0.444 e. The fraction of sp³-hybridized carbons (Fsp3) is 0.778. The average Bonchev–Trinajstić information content (AvgIpc) is 2.77. The third-order valence-electron chi connectivity index (χ3n) is 3.81. The molecule has 1 aromatic heterocycles. The highest BCUT2D eigenvalue weighted by molar-refractivity contribution is 5.68. The first-order valence-electron chi connectivity index (χ1n) is 8.61. The molecule has 2 N–H and O–H groups in total. The van der Waals surface area contributed by atoms with Crippen molar-refractivity contribution < 1.29 is 9.53 Å². The Hall–Kier alpha value is -1.52. The summed E-state index contributed by atoms with van der Waals surface area (Å²) >= 11 is 0. The second-order valence-corrected chi connectivity index (χ2v) is 8.72. The summed E-state index contributed by atoms with van der Waals surface area (Å²) in [5, 5.41) is 3.00. The average molecular weight is 321 g/mol. The molecule has 0 saturated carbocycles.